The molecule has 1 amide bonds. The first kappa shape index (κ1) is 27.1. The van der Waals surface area contributed by atoms with Gasteiger partial charge in [0, 0.05) is 24.7 Å². The monoisotopic (exact) mass is 513 g/mol. The van der Waals surface area contributed by atoms with E-state index in [4.69, 9.17) is 15.0 Å². The first-order valence-corrected chi connectivity index (χ1v) is 11.5. The molecule has 196 valence electrons. The van der Waals surface area contributed by atoms with Crippen LogP contribution in [0.3, 0.4) is 0 Å². The van der Waals surface area contributed by atoms with Crippen LogP contribution < -0.4 is 26.8 Å². The van der Waals surface area contributed by atoms with Gasteiger partial charge in [0.15, 0.2) is 0 Å². The number of piperidine rings is 1. The number of pyridine rings is 1. The van der Waals surface area contributed by atoms with Gasteiger partial charge in [-0.25, -0.2) is 9.18 Å². The van der Waals surface area contributed by atoms with Crippen molar-refractivity contribution in [3.05, 3.63) is 63.7 Å². The number of amides is 1. The number of carbonyl (C=O) groups is 3. The third kappa shape index (κ3) is 6.61. The molecular formula is C25H28FN5O6. The summed E-state index contributed by atoms with van der Waals surface area (Å²) < 4.78 is 14.4. The Morgan fingerprint density at radius 1 is 1.16 bits per heavy atom. The Morgan fingerprint density at radius 3 is 2.41 bits per heavy atom. The maximum Gasteiger partial charge on any atom is 0.335 e. The molecule has 0 spiro atoms. The Kier molecular flexibility index (Phi) is 9.16. The molecular weight excluding hydrogens is 485 g/mol. The SMILES string of the molecule is CNc1cc(F)cc2c(NCC3CCNCC3)c(C(=O)Nc3ccc(C(=O)O)cc3)c(=O)[nH]c12.O=CO. The zero-order chi connectivity index (χ0) is 26.9. The van der Waals surface area contributed by atoms with Gasteiger partial charge in [0.05, 0.1) is 22.5 Å². The predicted octanol–water partition coefficient (Wildman–Crippen LogP) is 2.77. The van der Waals surface area contributed by atoms with Crippen molar-refractivity contribution in [1.29, 1.82) is 0 Å². The first-order valence-electron chi connectivity index (χ1n) is 11.5. The first-order chi connectivity index (χ1) is 17.8. The highest BCUT2D eigenvalue weighted by Gasteiger charge is 2.23. The maximum absolute atomic E-state index is 14.4. The number of H-pyrrole nitrogens is 1. The van der Waals surface area contributed by atoms with Crippen molar-refractivity contribution in [2.24, 2.45) is 5.92 Å². The molecule has 3 aromatic rings. The van der Waals surface area contributed by atoms with Gasteiger partial charge >= 0.3 is 5.97 Å². The number of carbonyl (C=O) groups excluding carboxylic acids is 1. The molecule has 0 radical (unpaired) electrons. The lowest BCUT2D eigenvalue weighted by molar-refractivity contribution is -0.122. The van der Waals surface area contributed by atoms with Gasteiger partial charge in [-0.3, -0.25) is 14.4 Å². The van der Waals surface area contributed by atoms with Crippen molar-refractivity contribution in [2.75, 3.05) is 42.6 Å². The summed E-state index contributed by atoms with van der Waals surface area (Å²) in [6, 6.07) is 8.16. The van der Waals surface area contributed by atoms with Crippen LogP contribution in [0.4, 0.5) is 21.5 Å². The second kappa shape index (κ2) is 12.5. The Bertz CT molecular complexity index is 1340. The van der Waals surface area contributed by atoms with E-state index in [0.717, 1.165) is 25.9 Å². The van der Waals surface area contributed by atoms with Gasteiger partial charge in [0.1, 0.15) is 11.4 Å². The number of benzene rings is 2. The molecule has 0 atom stereocenters. The van der Waals surface area contributed by atoms with E-state index < -0.39 is 23.3 Å². The minimum Gasteiger partial charge on any atom is -0.483 e. The van der Waals surface area contributed by atoms with Crippen molar-refractivity contribution in [2.45, 2.75) is 12.8 Å². The summed E-state index contributed by atoms with van der Waals surface area (Å²) in [5.74, 6) is -1.94. The van der Waals surface area contributed by atoms with Crippen LogP contribution in [0.15, 0.2) is 41.2 Å². The van der Waals surface area contributed by atoms with Crippen molar-refractivity contribution in [3.63, 3.8) is 0 Å². The molecule has 1 fully saturated rings. The van der Waals surface area contributed by atoms with Crippen LogP contribution in [0, 0.1) is 11.7 Å². The molecule has 0 bridgehead atoms. The van der Waals surface area contributed by atoms with E-state index in [-0.39, 0.29) is 23.3 Å². The normalized spacial score (nSPS) is 13.2. The van der Waals surface area contributed by atoms with Gasteiger partial charge < -0.3 is 36.5 Å². The highest BCUT2D eigenvalue weighted by molar-refractivity contribution is 6.13. The molecule has 11 nitrogen and oxygen atoms in total. The van der Waals surface area contributed by atoms with Crippen LogP contribution in [0.1, 0.15) is 33.6 Å². The molecule has 12 heteroatoms. The molecule has 0 saturated carbocycles. The van der Waals surface area contributed by atoms with Crippen LogP contribution in [-0.4, -0.2) is 60.2 Å². The van der Waals surface area contributed by atoms with Crippen molar-refractivity contribution < 1.29 is 29.0 Å². The molecule has 2 aromatic carbocycles. The van der Waals surface area contributed by atoms with Gasteiger partial charge in [-0.05, 0) is 68.2 Å². The minimum absolute atomic E-state index is 0.0703. The molecule has 4 rings (SSSR count). The van der Waals surface area contributed by atoms with E-state index in [9.17, 15) is 18.8 Å². The summed E-state index contributed by atoms with van der Waals surface area (Å²) in [7, 11) is 1.62. The van der Waals surface area contributed by atoms with Gasteiger partial charge in [-0.15, -0.1) is 0 Å². The summed E-state index contributed by atoms with van der Waals surface area (Å²) in [4.78, 5) is 48.4. The smallest absolute Gasteiger partial charge is 0.335 e. The van der Waals surface area contributed by atoms with Crippen LogP contribution in [0.2, 0.25) is 0 Å². The van der Waals surface area contributed by atoms with E-state index in [0.29, 0.717) is 34.7 Å². The van der Waals surface area contributed by atoms with E-state index in [1.807, 2.05) is 0 Å². The molecule has 0 unspecified atom stereocenters. The van der Waals surface area contributed by atoms with E-state index >= 15 is 0 Å². The molecule has 1 aromatic heterocycles. The number of nitrogens with one attached hydrogen (secondary N) is 5. The molecule has 1 saturated heterocycles. The third-order valence-electron chi connectivity index (χ3n) is 6.00. The summed E-state index contributed by atoms with van der Waals surface area (Å²) >= 11 is 0. The standard InChI is InChI=1S/C24H26FN5O4.CH2O2/c1-26-18-11-15(25)10-17-20(18)30-23(32)19(21(17)28-12-13-6-8-27-9-7-13)22(31)29-16-4-2-14(3-5-16)24(33)34;2-1-3/h2-5,10-11,13,26-27H,6-9,12H2,1H3,(H,29,31)(H,33,34)(H2,28,30,32);1H,(H,2,3). The lowest BCUT2D eigenvalue weighted by atomic mass is 9.97. The maximum atomic E-state index is 14.4. The average Bonchev–Trinajstić information content (AvgIpc) is 2.88. The average molecular weight is 514 g/mol. The van der Waals surface area contributed by atoms with Gasteiger partial charge in [0.25, 0.3) is 17.9 Å². The quantitative estimate of drug-likeness (QED) is 0.235. The number of hydrogen-bond donors (Lipinski definition) is 7. The summed E-state index contributed by atoms with van der Waals surface area (Å²) in [5, 5.41) is 28.4. The summed E-state index contributed by atoms with van der Waals surface area (Å²) in [6.07, 6.45) is 1.89. The minimum atomic E-state index is -1.09. The van der Waals surface area contributed by atoms with Crippen LogP contribution in [0.25, 0.3) is 10.9 Å². The molecule has 7 N–H and O–H groups in total. The number of carboxylic acid groups (broad SMARTS) is 2. The largest absolute Gasteiger partial charge is 0.483 e. The molecule has 37 heavy (non-hydrogen) atoms. The fourth-order valence-corrected chi connectivity index (χ4v) is 4.18. The Hall–Kier alpha value is -4.45. The predicted molar refractivity (Wildman–Crippen MR) is 138 cm³/mol. The zero-order valence-electron chi connectivity index (χ0n) is 20.1. The van der Waals surface area contributed by atoms with Crippen molar-refractivity contribution >= 4 is 46.3 Å². The fraction of sp³-hybridized carbons (Fsp3) is 0.280. The molecule has 1 aliphatic heterocycles. The number of rotatable bonds is 7. The summed E-state index contributed by atoms with van der Waals surface area (Å²) in [6.45, 7) is 2.06. The third-order valence-corrected chi connectivity index (χ3v) is 6.00. The van der Waals surface area contributed by atoms with E-state index in [1.54, 1.807) is 7.05 Å². The number of aromatic nitrogens is 1. The van der Waals surface area contributed by atoms with Crippen LogP contribution in [-0.2, 0) is 4.79 Å². The number of carboxylic acids is 1. The fourth-order valence-electron chi connectivity index (χ4n) is 4.18. The number of anilines is 3. The lowest BCUT2D eigenvalue weighted by Crippen LogP contribution is -2.32. The highest BCUT2D eigenvalue weighted by Crippen LogP contribution is 2.31. The number of fused-ring (bicyclic) bond motifs is 1. The lowest BCUT2D eigenvalue weighted by Gasteiger charge is -2.24. The van der Waals surface area contributed by atoms with Crippen molar-refractivity contribution in [1.82, 2.24) is 10.3 Å². The molecule has 1 aliphatic rings. The van der Waals surface area contributed by atoms with Crippen LogP contribution in [0.5, 0.6) is 0 Å². The Balaban J connectivity index is 0.00000121. The number of hydrogen-bond acceptors (Lipinski definition) is 7. The summed E-state index contributed by atoms with van der Waals surface area (Å²) in [5.41, 5.74) is 0.652. The second-order valence-electron chi connectivity index (χ2n) is 8.35. The Morgan fingerprint density at radius 2 is 1.81 bits per heavy atom. The number of halogens is 1. The van der Waals surface area contributed by atoms with Crippen molar-refractivity contribution in [3.8, 4) is 0 Å². The van der Waals surface area contributed by atoms with E-state index in [1.165, 1.54) is 36.4 Å². The van der Waals surface area contributed by atoms with Gasteiger partial charge in [-0.2, -0.15) is 0 Å². The number of aromatic carboxylic acids is 1. The van der Waals surface area contributed by atoms with E-state index in [2.05, 4.69) is 26.3 Å². The van der Waals surface area contributed by atoms with Gasteiger partial charge in [-0.1, -0.05) is 0 Å². The highest BCUT2D eigenvalue weighted by atomic mass is 19.1. The molecule has 2 heterocycles. The number of aromatic amines is 1. The van der Waals surface area contributed by atoms with Crippen LogP contribution >= 0.6 is 0 Å². The second-order valence-corrected chi connectivity index (χ2v) is 8.35. The zero-order valence-corrected chi connectivity index (χ0v) is 20.1. The molecule has 0 aliphatic carbocycles. The Labute approximate surface area is 211 Å². The van der Waals surface area contributed by atoms with Gasteiger partial charge in [0.2, 0.25) is 0 Å². The topological polar surface area (TPSA) is 173 Å².